The fraction of sp³-hybridized carbons (Fsp3) is 0.375. The highest BCUT2D eigenvalue weighted by molar-refractivity contribution is 6.03. The van der Waals surface area contributed by atoms with Crippen molar-refractivity contribution in [3.8, 4) is 5.75 Å². The Labute approximate surface area is 188 Å². The molecule has 3 rings (SSSR count). The second kappa shape index (κ2) is 11.3. The average Bonchev–Trinajstić information content (AvgIpc) is 3.28. The number of hydrazone groups is 1. The summed E-state index contributed by atoms with van der Waals surface area (Å²) in [5.74, 6) is 0.514. The third kappa shape index (κ3) is 5.64. The Morgan fingerprint density at radius 1 is 1.12 bits per heavy atom. The molecule has 1 aliphatic rings. The van der Waals surface area contributed by atoms with E-state index in [0.29, 0.717) is 26.1 Å². The minimum absolute atomic E-state index is 0.0854. The van der Waals surface area contributed by atoms with Crippen LogP contribution in [0.4, 0.5) is 4.79 Å². The fourth-order valence-corrected chi connectivity index (χ4v) is 3.59. The molecule has 0 aromatic heterocycles. The Balaban J connectivity index is 1.86. The van der Waals surface area contributed by atoms with Crippen molar-refractivity contribution in [1.29, 1.82) is 0 Å². The minimum Gasteiger partial charge on any atom is -0.497 e. The smallest absolute Gasteiger partial charge is 0.317 e. The zero-order valence-electron chi connectivity index (χ0n) is 18.8. The molecule has 3 amide bonds. The highest BCUT2D eigenvalue weighted by Crippen LogP contribution is 2.33. The summed E-state index contributed by atoms with van der Waals surface area (Å²) in [6.45, 7) is 2.88. The van der Waals surface area contributed by atoms with Crippen molar-refractivity contribution in [2.24, 2.45) is 5.10 Å². The SMILES string of the molecule is CCNC(=O)N(CCOC)CC(=O)N1N=C(c2ccc(OC)cc2)CC1c1ccccc1. The maximum atomic E-state index is 13.3. The highest BCUT2D eigenvalue weighted by Gasteiger charge is 2.34. The van der Waals surface area contributed by atoms with Gasteiger partial charge in [-0.1, -0.05) is 30.3 Å². The van der Waals surface area contributed by atoms with E-state index in [0.717, 1.165) is 22.6 Å². The number of nitrogens with zero attached hydrogens (tertiary/aromatic N) is 3. The number of rotatable bonds is 9. The predicted molar refractivity (Wildman–Crippen MR) is 123 cm³/mol. The monoisotopic (exact) mass is 438 g/mol. The molecule has 0 saturated carbocycles. The van der Waals surface area contributed by atoms with Gasteiger partial charge >= 0.3 is 6.03 Å². The number of carbonyl (C=O) groups is 2. The van der Waals surface area contributed by atoms with E-state index in [1.807, 2.05) is 61.5 Å². The van der Waals surface area contributed by atoms with E-state index in [9.17, 15) is 9.59 Å². The molecule has 2 aromatic rings. The molecule has 1 aliphatic heterocycles. The van der Waals surface area contributed by atoms with Crippen LogP contribution in [-0.4, -0.2) is 68.0 Å². The first-order valence-corrected chi connectivity index (χ1v) is 10.7. The van der Waals surface area contributed by atoms with E-state index in [-0.39, 0.29) is 24.5 Å². The van der Waals surface area contributed by atoms with Crippen LogP contribution in [0.15, 0.2) is 59.7 Å². The lowest BCUT2D eigenvalue weighted by Gasteiger charge is -2.27. The minimum atomic E-state index is -0.298. The average molecular weight is 439 g/mol. The molecule has 0 aliphatic carbocycles. The number of urea groups is 1. The normalized spacial score (nSPS) is 15.3. The first-order valence-electron chi connectivity index (χ1n) is 10.7. The molecule has 2 aromatic carbocycles. The molecular formula is C24H30N4O4. The van der Waals surface area contributed by atoms with Gasteiger partial charge in [-0.15, -0.1) is 0 Å². The first kappa shape index (κ1) is 23.3. The number of methoxy groups -OCH3 is 2. The molecular weight excluding hydrogens is 408 g/mol. The van der Waals surface area contributed by atoms with Crippen LogP contribution in [0, 0.1) is 0 Å². The standard InChI is InChI=1S/C24H30N4O4/c1-4-25-24(30)27(14-15-31-2)17-23(29)28-22(19-8-6-5-7-9-19)16-21(26-28)18-10-12-20(32-3)13-11-18/h5-13,22H,4,14-17H2,1-3H3,(H,25,30). The van der Waals surface area contributed by atoms with Gasteiger partial charge in [-0.05, 0) is 42.3 Å². The zero-order chi connectivity index (χ0) is 22.9. The number of hydrogen-bond donors (Lipinski definition) is 1. The van der Waals surface area contributed by atoms with Crippen LogP contribution < -0.4 is 10.1 Å². The second-order valence-electron chi connectivity index (χ2n) is 7.39. The van der Waals surface area contributed by atoms with Gasteiger partial charge < -0.3 is 19.7 Å². The molecule has 0 radical (unpaired) electrons. The first-order chi connectivity index (χ1) is 15.6. The number of carbonyl (C=O) groups excluding carboxylic acids is 2. The van der Waals surface area contributed by atoms with Crippen LogP contribution in [0.1, 0.15) is 30.5 Å². The summed E-state index contributed by atoms with van der Waals surface area (Å²) >= 11 is 0. The lowest BCUT2D eigenvalue weighted by Crippen LogP contribution is -2.47. The lowest BCUT2D eigenvalue weighted by molar-refractivity contribution is -0.133. The van der Waals surface area contributed by atoms with E-state index in [1.54, 1.807) is 14.2 Å². The molecule has 0 saturated heterocycles. The van der Waals surface area contributed by atoms with E-state index in [2.05, 4.69) is 10.4 Å². The van der Waals surface area contributed by atoms with E-state index in [1.165, 1.54) is 9.91 Å². The van der Waals surface area contributed by atoms with Crippen molar-refractivity contribution >= 4 is 17.6 Å². The van der Waals surface area contributed by atoms with Crippen molar-refractivity contribution in [1.82, 2.24) is 15.2 Å². The zero-order valence-corrected chi connectivity index (χ0v) is 18.8. The maximum absolute atomic E-state index is 13.3. The summed E-state index contributed by atoms with van der Waals surface area (Å²) in [4.78, 5) is 27.2. The van der Waals surface area contributed by atoms with Crippen LogP contribution in [0.2, 0.25) is 0 Å². The Morgan fingerprint density at radius 2 is 1.84 bits per heavy atom. The van der Waals surface area contributed by atoms with E-state index >= 15 is 0 Å². The van der Waals surface area contributed by atoms with Crippen molar-refractivity contribution in [2.75, 3.05) is 40.5 Å². The molecule has 1 atom stereocenters. The molecule has 0 bridgehead atoms. The second-order valence-corrected chi connectivity index (χ2v) is 7.39. The fourth-order valence-electron chi connectivity index (χ4n) is 3.59. The van der Waals surface area contributed by atoms with Crippen LogP contribution >= 0.6 is 0 Å². The Kier molecular flexibility index (Phi) is 8.21. The van der Waals surface area contributed by atoms with Gasteiger partial charge in [0.2, 0.25) is 0 Å². The summed E-state index contributed by atoms with van der Waals surface area (Å²) in [7, 11) is 3.19. The number of nitrogens with one attached hydrogen (secondary N) is 1. The quantitative estimate of drug-likeness (QED) is 0.652. The molecule has 8 nitrogen and oxygen atoms in total. The van der Waals surface area contributed by atoms with Gasteiger partial charge in [0.1, 0.15) is 12.3 Å². The molecule has 0 spiro atoms. The van der Waals surface area contributed by atoms with E-state index in [4.69, 9.17) is 9.47 Å². The molecule has 0 fully saturated rings. The molecule has 1 heterocycles. The van der Waals surface area contributed by atoms with Crippen molar-refractivity contribution in [3.05, 3.63) is 65.7 Å². The summed E-state index contributed by atoms with van der Waals surface area (Å²) in [6, 6.07) is 16.9. The van der Waals surface area contributed by atoms with Gasteiger partial charge in [-0.3, -0.25) is 4.79 Å². The topological polar surface area (TPSA) is 83.5 Å². The largest absolute Gasteiger partial charge is 0.497 e. The number of ether oxygens (including phenoxy) is 2. The van der Waals surface area contributed by atoms with Gasteiger partial charge in [-0.25, -0.2) is 9.80 Å². The van der Waals surface area contributed by atoms with Crippen molar-refractivity contribution in [2.45, 2.75) is 19.4 Å². The Morgan fingerprint density at radius 3 is 2.47 bits per heavy atom. The number of amides is 3. The van der Waals surface area contributed by atoms with Gasteiger partial charge in [0.05, 0.1) is 25.5 Å². The van der Waals surface area contributed by atoms with Crippen LogP contribution in [0.5, 0.6) is 5.75 Å². The third-order valence-corrected chi connectivity index (χ3v) is 5.28. The van der Waals surface area contributed by atoms with Crippen LogP contribution in [0.3, 0.4) is 0 Å². The predicted octanol–water partition coefficient (Wildman–Crippen LogP) is 3.05. The summed E-state index contributed by atoms with van der Waals surface area (Å²) < 4.78 is 10.3. The molecule has 32 heavy (non-hydrogen) atoms. The van der Waals surface area contributed by atoms with Crippen molar-refractivity contribution in [3.63, 3.8) is 0 Å². The Bertz CT molecular complexity index is 931. The molecule has 170 valence electrons. The summed E-state index contributed by atoms with van der Waals surface area (Å²) in [6.07, 6.45) is 0.585. The molecule has 1 N–H and O–H groups in total. The van der Waals surface area contributed by atoms with E-state index < -0.39 is 0 Å². The van der Waals surface area contributed by atoms with Gasteiger partial charge in [0.15, 0.2) is 0 Å². The molecule has 8 heteroatoms. The van der Waals surface area contributed by atoms with Crippen molar-refractivity contribution < 1.29 is 19.1 Å². The van der Waals surface area contributed by atoms with Crippen LogP contribution in [0.25, 0.3) is 0 Å². The van der Waals surface area contributed by atoms with Crippen LogP contribution in [-0.2, 0) is 9.53 Å². The Hall–Kier alpha value is -3.39. The maximum Gasteiger partial charge on any atom is 0.317 e. The summed E-state index contributed by atoms with van der Waals surface area (Å²) in [5, 5.41) is 8.94. The molecule has 1 unspecified atom stereocenters. The number of hydrogen-bond acceptors (Lipinski definition) is 5. The summed E-state index contributed by atoms with van der Waals surface area (Å²) in [5.41, 5.74) is 2.74. The lowest BCUT2D eigenvalue weighted by atomic mass is 9.98. The van der Waals surface area contributed by atoms with Gasteiger partial charge in [-0.2, -0.15) is 5.10 Å². The van der Waals surface area contributed by atoms with Gasteiger partial charge in [0.25, 0.3) is 5.91 Å². The third-order valence-electron chi connectivity index (χ3n) is 5.28. The highest BCUT2D eigenvalue weighted by atomic mass is 16.5. The van der Waals surface area contributed by atoms with Gasteiger partial charge in [0, 0.05) is 26.6 Å². The number of benzene rings is 2.